The number of morpholine rings is 1. The Labute approximate surface area is 140 Å². The molecule has 0 bridgehead atoms. The van der Waals surface area contributed by atoms with Gasteiger partial charge in [-0.1, -0.05) is 0 Å². The summed E-state index contributed by atoms with van der Waals surface area (Å²) in [7, 11) is 4.23. The highest BCUT2D eigenvalue weighted by molar-refractivity contribution is 5.85. The first-order valence-corrected chi connectivity index (χ1v) is 7.40. The lowest BCUT2D eigenvalue weighted by atomic mass is 9.96. The molecule has 2 rings (SSSR count). The quantitative estimate of drug-likeness (QED) is 0.828. The van der Waals surface area contributed by atoms with E-state index in [1.807, 2.05) is 4.90 Å². The van der Waals surface area contributed by atoms with Gasteiger partial charge in [-0.05, 0) is 32.9 Å². The second kappa shape index (κ2) is 10.6. The number of hydrogen-bond acceptors (Lipinski definition) is 4. The number of ether oxygens (including phenoxy) is 1. The first kappa shape index (κ1) is 20.9. The number of likely N-dealkylation sites (tertiary alicyclic amines) is 1. The van der Waals surface area contributed by atoms with Crippen molar-refractivity contribution in [1.29, 1.82) is 0 Å². The van der Waals surface area contributed by atoms with E-state index in [-0.39, 0.29) is 36.8 Å². The third-order valence-corrected chi connectivity index (χ3v) is 4.00. The minimum atomic E-state index is 0. The average molecular weight is 342 g/mol. The number of piperidine rings is 1. The number of carbonyl (C=O) groups excluding carboxylic acids is 1. The predicted octanol–water partition coefficient (Wildman–Crippen LogP) is 1.01. The molecule has 0 aliphatic carbocycles. The smallest absolute Gasteiger partial charge is 0.225 e. The van der Waals surface area contributed by atoms with Crippen LogP contribution in [0, 0.1) is 5.92 Å². The number of carbonyl (C=O) groups is 1. The summed E-state index contributed by atoms with van der Waals surface area (Å²) in [5, 5.41) is 3.27. The van der Waals surface area contributed by atoms with E-state index in [2.05, 4.69) is 24.3 Å². The van der Waals surface area contributed by atoms with Crippen molar-refractivity contribution < 1.29 is 9.53 Å². The first-order valence-electron chi connectivity index (χ1n) is 7.40. The second-order valence-corrected chi connectivity index (χ2v) is 5.99. The van der Waals surface area contributed by atoms with Gasteiger partial charge in [-0.15, -0.1) is 24.8 Å². The number of amides is 1. The Morgan fingerprint density at radius 2 is 1.95 bits per heavy atom. The first-order chi connectivity index (χ1) is 9.15. The van der Waals surface area contributed by atoms with E-state index in [0.29, 0.717) is 6.42 Å². The molecule has 2 heterocycles. The Kier molecular flexibility index (Phi) is 10.6. The molecule has 2 saturated heterocycles. The molecule has 5 nitrogen and oxygen atoms in total. The normalized spacial score (nSPS) is 23.4. The summed E-state index contributed by atoms with van der Waals surface area (Å²) in [5.41, 5.74) is 0. The number of rotatable bonds is 4. The summed E-state index contributed by atoms with van der Waals surface area (Å²) in [4.78, 5) is 16.5. The molecule has 2 fully saturated rings. The molecule has 0 radical (unpaired) electrons. The number of halogens is 2. The molecule has 126 valence electrons. The van der Waals surface area contributed by atoms with Gasteiger partial charge in [0, 0.05) is 32.7 Å². The molecule has 0 aromatic heterocycles. The largest absolute Gasteiger partial charge is 0.375 e. The highest BCUT2D eigenvalue weighted by atomic mass is 35.5. The molecule has 1 atom stereocenters. The summed E-state index contributed by atoms with van der Waals surface area (Å²) < 4.78 is 5.60. The van der Waals surface area contributed by atoms with Gasteiger partial charge >= 0.3 is 0 Å². The van der Waals surface area contributed by atoms with Crippen LogP contribution in [0.2, 0.25) is 0 Å². The van der Waals surface area contributed by atoms with Gasteiger partial charge < -0.3 is 19.9 Å². The van der Waals surface area contributed by atoms with Crippen LogP contribution in [0.5, 0.6) is 0 Å². The summed E-state index contributed by atoms with van der Waals surface area (Å²) in [5.74, 6) is 1.00. The van der Waals surface area contributed by atoms with Gasteiger partial charge in [0.15, 0.2) is 0 Å². The van der Waals surface area contributed by atoms with Gasteiger partial charge in [-0.3, -0.25) is 4.79 Å². The van der Waals surface area contributed by atoms with Crippen LogP contribution in [0.15, 0.2) is 0 Å². The molecule has 0 aromatic carbocycles. The Morgan fingerprint density at radius 3 is 2.48 bits per heavy atom. The molecule has 1 unspecified atom stereocenters. The maximum Gasteiger partial charge on any atom is 0.225 e. The summed E-state index contributed by atoms with van der Waals surface area (Å²) in [6, 6.07) is 0. The lowest BCUT2D eigenvalue weighted by molar-refractivity contribution is -0.136. The van der Waals surface area contributed by atoms with Crippen molar-refractivity contribution in [3.63, 3.8) is 0 Å². The van der Waals surface area contributed by atoms with Crippen LogP contribution in [0.25, 0.3) is 0 Å². The topological polar surface area (TPSA) is 44.8 Å². The molecule has 0 saturated carbocycles. The van der Waals surface area contributed by atoms with Gasteiger partial charge in [0.2, 0.25) is 5.91 Å². The fraction of sp³-hybridized carbons (Fsp3) is 0.929. The third kappa shape index (κ3) is 7.15. The Hall–Kier alpha value is -0.0700. The maximum atomic E-state index is 12.2. The van der Waals surface area contributed by atoms with Crippen LogP contribution < -0.4 is 5.32 Å². The summed E-state index contributed by atoms with van der Waals surface area (Å²) >= 11 is 0. The Bertz CT molecular complexity index is 292. The van der Waals surface area contributed by atoms with E-state index < -0.39 is 0 Å². The Balaban J connectivity index is 0.00000200. The van der Waals surface area contributed by atoms with Gasteiger partial charge in [-0.2, -0.15) is 0 Å². The van der Waals surface area contributed by atoms with Crippen molar-refractivity contribution in [3.8, 4) is 0 Å². The molecular weight excluding hydrogens is 313 g/mol. The standard InChI is InChI=1S/C14H27N3O2.2ClH/c1-16(2)11-12-3-6-17(7-4-12)14(18)9-13-10-15-5-8-19-13;;/h12-13,15H,3-11H2,1-2H3;2*1H. The zero-order valence-corrected chi connectivity index (χ0v) is 14.7. The van der Waals surface area contributed by atoms with E-state index in [1.54, 1.807) is 0 Å². The number of nitrogens with zero attached hydrogens (tertiary/aromatic N) is 2. The molecule has 0 spiro atoms. The van der Waals surface area contributed by atoms with Crippen molar-refractivity contribution in [2.45, 2.75) is 25.4 Å². The SMILES string of the molecule is CN(C)CC1CCN(C(=O)CC2CNCCO2)CC1.Cl.Cl. The Morgan fingerprint density at radius 1 is 1.29 bits per heavy atom. The van der Waals surface area contributed by atoms with Crippen molar-refractivity contribution in [1.82, 2.24) is 15.1 Å². The van der Waals surface area contributed by atoms with E-state index in [9.17, 15) is 4.79 Å². The van der Waals surface area contributed by atoms with Crippen LogP contribution >= 0.6 is 24.8 Å². The molecule has 1 N–H and O–H groups in total. The van der Waals surface area contributed by atoms with E-state index in [1.165, 1.54) is 0 Å². The molecule has 2 aliphatic rings. The van der Waals surface area contributed by atoms with Crippen LogP contribution in [-0.2, 0) is 9.53 Å². The lowest BCUT2D eigenvalue weighted by Gasteiger charge is -2.34. The fourth-order valence-electron chi connectivity index (χ4n) is 2.96. The van der Waals surface area contributed by atoms with Crippen LogP contribution in [-0.4, -0.2) is 75.2 Å². The van der Waals surface area contributed by atoms with Crippen LogP contribution in [0.1, 0.15) is 19.3 Å². The van der Waals surface area contributed by atoms with Gasteiger partial charge in [0.1, 0.15) is 0 Å². The molecule has 7 heteroatoms. The van der Waals surface area contributed by atoms with Crippen molar-refractivity contribution >= 4 is 30.7 Å². The van der Waals surface area contributed by atoms with E-state index in [0.717, 1.165) is 58.1 Å². The molecule has 21 heavy (non-hydrogen) atoms. The number of nitrogens with one attached hydrogen (secondary N) is 1. The average Bonchev–Trinajstić information content (AvgIpc) is 2.40. The molecule has 2 aliphatic heterocycles. The fourth-order valence-corrected chi connectivity index (χ4v) is 2.96. The number of hydrogen-bond donors (Lipinski definition) is 1. The van der Waals surface area contributed by atoms with Crippen molar-refractivity contribution in [2.24, 2.45) is 5.92 Å². The lowest BCUT2D eigenvalue weighted by Crippen LogP contribution is -2.45. The monoisotopic (exact) mass is 341 g/mol. The van der Waals surface area contributed by atoms with Gasteiger partial charge in [0.25, 0.3) is 0 Å². The zero-order valence-electron chi connectivity index (χ0n) is 13.0. The van der Waals surface area contributed by atoms with E-state index >= 15 is 0 Å². The third-order valence-electron chi connectivity index (χ3n) is 4.00. The predicted molar refractivity (Wildman–Crippen MR) is 89.6 cm³/mol. The van der Waals surface area contributed by atoms with Gasteiger partial charge in [-0.25, -0.2) is 0 Å². The van der Waals surface area contributed by atoms with Crippen molar-refractivity contribution in [3.05, 3.63) is 0 Å². The van der Waals surface area contributed by atoms with Crippen LogP contribution in [0.3, 0.4) is 0 Å². The summed E-state index contributed by atoms with van der Waals surface area (Å²) in [6.45, 7) is 5.40. The van der Waals surface area contributed by atoms with Crippen LogP contribution in [0.4, 0.5) is 0 Å². The highest BCUT2D eigenvalue weighted by Crippen LogP contribution is 2.19. The molecule has 1 amide bonds. The minimum Gasteiger partial charge on any atom is -0.375 e. The molecular formula is C14H29Cl2N3O2. The van der Waals surface area contributed by atoms with E-state index in [4.69, 9.17) is 4.74 Å². The zero-order chi connectivity index (χ0) is 13.7. The maximum absolute atomic E-state index is 12.2. The second-order valence-electron chi connectivity index (χ2n) is 5.99. The minimum absolute atomic E-state index is 0. The highest BCUT2D eigenvalue weighted by Gasteiger charge is 2.25. The molecule has 0 aromatic rings. The van der Waals surface area contributed by atoms with Gasteiger partial charge in [0.05, 0.1) is 19.1 Å². The summed E-state index contributed by atoms with van der Waals surface area (Å²) in [6.07, 6.45) is 2.87. The van der Waals surface area contributed by atoms with Crippen molar-refractivity contribution in [2.75, 3.05) is 53.4 Å².